The Morgan fingerprint density at radius 1 is 1.36 bits per heavy atom. The minimum Gasteiger partial charge on any atom is -0.383 e. The van der Waals surface area contributed by atoms with E-state index in [-0.39, 0.29) is 5.41 Å². The van der Waals surface area contributed by atoms with Crippen molar-refractivity contribution in [1.29, 1.82) is 5.26 Å². The van der Waals surface area contributed by atoms with Crippen molar-refractivity contribution in [1.82, 2.24) is 0 Å². The Bertz CT molecular complexity index is 360. The number of nitrogens with one attached hydrogen (secondary N) is 1. The highest BCUT2D eigenvalue weighted by molar-refractivity contribution is 9.10. The van der Waals surface area contributed by atoms with Crippen LogP contribution < -0.4 is 5.32 Å². The summed E-state index contributed by atoms with van der Waals surface area (Å²) in [6.45, 7) is 0.769. The Morgan fingerprint density at radius 2 is 2.00 bits per heavy atom. The van der Waals surface area contributed by atoms with E-state index < -0.39 is 0 Å². The van der Waals surface area contributed by atoms with Gasteiger partial charge < -0.3 is 5.32 Å². The molecule has 1 fully saturated rings. The number of hydrogen-bond donors (Lipinski definition) is 1. The van der Waals surface area contributed by atoms with Gasteiger partial charge in [-0.2, -0.15) is 5.26 Å². The molecule has 0 radical (unpaired) electrons. The van der Waals surface area contributed by atoms with Gasteiger partial charge in [-0.3, -0.25) is 0 Å². The summed E-state index contributed by atoms with van der Waals surface area (Å²) < 4.78 is 1.07. The molecule has 0 amide bonds. The SMILES string of the molecule is N#CC1(CNc2ccc(Br)cc2)CC1. The lowest BCUT2D eigenvalue weighted by Crippen LogP contribution is -2.13. The molecule has 1 N–H and O–H groups in total. The van der Waals surface area contributed by atoms with Gasteiger partial charge in [0.05, 0.1) is 11.5 Å². The maximum Gasteiger partial charge on any atom is 0.0747 e. The van der Waals surface area contributed by atoms with Gasteiger partial charge in [-0.15, -0.1) is 0 Å². The smallest absolute Gasteiger partial charge is 0.0747 e. The topological polar surface area (TPSA) is 35.8 Å². The molecule has 1 saturated carbocycles. The Balaban J connectivity index is 1.93. The van der Waals surface area contributed by atoms with Crippen LogP contribution in [0.5, 0.6) is 0 Å². The average molecular weight is 251 g/mol. The van der Waals surface area contributed by atoms with Crippen molar-refractivity contribution in [2.24, 2.45) is 5.41 Å². The fourth-order valence-corrected chi connectivity index (χ4v) is 1.58. The number of rotatable bonds is 3. The molecule has 72 valence electrons. The maximum atomic E-state index is 8.88. The molecule has 3 heteroatoms. The maximum absolute atomic E-state index is 8.88. The van der Waals surface area contributed by atoms with Gasteiger partial charge in [0.15, 0.2) is 0 Å². The molecule has 0 spiro atoms. The van der Waals surface area contributed by atoms with Crippen molar-refractivity contribution >= 4 is 21.6 Å². The van der Waals surface area contributed by atoms with Crippen LogP contribution >= 0.6 is 15.9 Å². The van der Waals surface area contributed by atoms with Crippen LogP contribution in [-0.4, -0.2) is 6.54 Å². The molecular weight excluding hydrogens is 240 g/mol. The number of anilines is 1. The predicted molar refractivity (Wildman–Crippen MR) is 59.9 cm³/mol. The monoisotopic (exact) mass is 250 g/mol. The summed E-state index contributed by atoms with van der Waals surface area (Å²) in [5.74, 6) is 0. The second-order valence-electron chi connectivity index (χ2n) is 3.75. The van der Waals surface area contributed by atoms with Crippen molar-refractivity contribution in [3.63, 3.8) is 0 Å². The lowest BCUT2D eigenvalue weighted by molar-refractivity contribution is 0.711. The summed E-state index contributed by atoms with van der Waals surface area (Å²) in [5.41, 5.74) is 1.00. The third kappa shape index (κ3) is 2.08. The average Bonchev–Trinajstić information content (AvgIpc) is 2.98. The molecule has 0 aliphatic heterocycles. The molecule has 0 bridgehead atoms. The number of nitrogens with zero attached hydrogens (tertiary/aromatic N) is 1. The highest BCUT2D eigenvalue weighted by Gasteiger charge is 2.42. The molecule has 0 unspecified atom stereocenters. The quantitative estimate of drug-likeness (QED) is 0.895. The minimum atomic E-state index is -0.0763. The van der Waals surface area contributed by atoms with E-state index in [1.54, 1.807) is 0 Å². The molecule has 0 aromatic heterocycles. The number of halogens is 1. The molecule has 0 saturated heterocycles. The summed E-state index contributed by atoms with van der Waals surface area (Å²) in [4.78, 5) is 0. The summed E-state index contributed by atoms with van der Waals surface area (Å²) in [6.07, 6.45) is 2.07. The van der Waals surface area contributed by atoms with Gasteiger partial charge in [-0.05, 0) is 37.1 Å². The van der Waals surface area contributed by atoms with Gasteiger partial charge in [0, 0.05) is 16.7 Å². The molecule has 1 aromatic carbocycles. The van der Waals surface area contributed by atoms with Crippen LogP contribution in [0.4, 0.5) is 5.69 Å². The summed E-state index contributed by atoms with van der Waals surface area (Å²) in [6, 6.07) is 10.4. The van der Waals surface area contributed by atoms with Crippen molar-refractivity contribution in [3.05, 3.63) is 28.7 Å². The molecule has 1 aliphatic rings. The van der Waals surface area contributed by atoms with E-state index in [0.717, 1.165) is 29.5 Å². The molecule has 2 rings (SSSR count). The van der Waals surface area contributed by atoms with Crippen LogP contribution in [0.3, 0.4) is 0 Å². The second kappa shape index (κ2) is 3.62. The van der Waals surface area contributed by atoms with Crippen LogP contribution in [0.1, 0.15) is 12.8 Å². The van der Waals surface area contributed by atoms with E-state index in [0.29, 0.717) is 0 Å². The van der Waals surface area contributed by atoms with E-state index in [9.17, 15) is 0 Å². The van der Waals surface area contributed by atoms with Gasteiger partial charge >= 0.3 is 0 Å². The van der Waals surface area contributed by atoms with Crippen LogP contribution in [0, 0.1) is 16.7 Å². The van der Waals surface area contributed by atoms with Crippen LogP contribution in [0.2, 0.25) is 0 Å². The molecule has 14 heavy (non-hydrogen) atoms. The highest BCUT2D eigenvalue weighted by Crippen LogP contribution is 2.44. The first kappa shape index (κ1) is 9.54. The first-order valence-corrected chi connectivity index (χ1v) is 5.44. The Morgan fingerprint density at radius 3 is 2.50 bits per heavy atom. The largest absolute Gasteiger partial charge is 0.383 e. The number of hydrogen-bond acceptors (Lipinski definition) is 2. The lowest BCUT2D eigenvalue weighted by atomic mass is 10.1. The van der Waals surface area contributed by atoms with E-state index in [4.69, 9.17) is 5.26 Å². The van der Waals surface area contributed by atoms with Crippen molar-refractivity contribution in [3.8, 4) is 6.07 Å². The zero-order valence-corrected chi connectivity index (χ0v) is 9.34. The predicted octanol–water partition coefficient (Wildman–Crippen LogP) is 3.16. The van der Waals surface area contributed by atoms with Gasteiger partial charge in [-0.25, -0.2) is 0 Å². The van der Waals surface area contributed by atoms with Gasteiger partial charge in [0.25, 0.3) is 0 Å². The number of benzene rings is 1. The van der Waals surface area contributed by atoms with Crippen LogP contribution in [0.15, 0.2) is 28.7 Å². The first-order valence-electron chi connectivity index (χ1n) is 4.65. The van der Waals surface area contributed by atoms with Crippen molar-refractivity contribution < 1.29 is 0 Å². The van der Waals surface area contributed by atoms with Gasteiger partial charge in [0.1, 0.15) is 0 Å². The molecule has 0 atom stereocenters. The van der Waals surface area contributed by atoms with Gasteiger partial charge in [-0.1, -0.05) is 15.9 Å². The lowest BCUT2D eigenvalue weighted by Gasteiger charge is -2.09. The molecule has 0 heterocycles. The van der Waals surface area contributed by atoms with Gasteiger partial charge in [0.2, 0.25) is 0 Å². The summed E-state index contributed by atoms with van der Waals surface area (Å²) in [7, 11) is 0. The zero-order valence-electron chi connectivity index (χ0n) is 7.76. The normalized spacial score (nSPS) is 17.1. The zero-order chi connectivity index (χ0) is 10.0. The van der Waals surface area contributed by atoms with Crippen LogP contribution in [0.25, 0.3) is 0 Å². The molecule has 1 aromatic rings. The van der Waals surface area contributed by atoms with Crippen LogP contribution in [-0.2, 0) is 0 Å². The van der Waals surface area contributed by atoms with E-state index >= 15 is 0 Å². The van der Waals surface area contributed by atoms with E-state index in [1.165, 1.54) is 0 Å². The highest BCUT2D eigenvalue weighted by atomic mass is 79.9. The second-order valence-corrected chi connectivity index (χ2v) is 4.67. The Labute approximate surface area is 92.1 Å². The number of nitriles is 1. The fraction of sp³-hybridized carbons (Fsp3) is 0.364. The fourth-order valence-electron chi connectivity index (χ4n) is 1.32. The Kier molecular flexibility index (Phi) is 2.47. The third-order valence-electron chi connectivity index (χ3n) is 2.57. The first-order chi connectivity index (χ1) is 6.74. The minimum absolute atomic E-state index is 0.0763. The molecule has 1 aliphatic carbocycles. The molecule has 2 nitrogen and oxygen atoms in total. The van der Waals surface area contributed by atoms with Crippen molar-refractivity contribution in [2.75, 3.05) is 11.9 Å². The summed E-state index contributed by atoms with van der Waals surface area (Å²) in [5, 5.41) is 12.2. The third-order valence-corrected chi connectivity index (χ3v) is 3.09. The Hall–Kier alpha value is -1.01. The standard InChI is InChI=1S/C11H11BrN2/c12-9-1-3-10(4-2-9)14-8-11(7-13)5-6-11/h1-4,14H,5-6,8H2. The molecular formula is C11H11BrN2. The van der Waals surface area contributed by atoms with Crippen molar-refractivity contribution in [2.45, 2.75) is 12.8 Å². The van der Waals surface area contributed by atoms with E-state index in [1.807, 2.05) is 24.3 Å². The van der Waals surface area contributed by atoms with E-state index in [2.05, 4.69) is 27.3 Å². The summed E-state index contributed by atoms with van der Waals surface area (Å²) >= 11 is 3.38.